The standard InChI is InChI=1S/C12H21NO4/c1-3-10(11(14)15)13-7-5-9(6-8-13)12(16)17-4-2/h9-10H,3-8H2,1-2H3,(H,14,15). The third-order valence-electron chi connectivity index (χ3n) is 3.26. The molecule has 0 saturated carbocycles. The van der Waals surface area contributed by atoms with Crippen LogP contribution in [0.5, 0.6) is 0 Å². The van der Waals surface area contributed by atoms with E-state index in [1.165, 1.54) is 0 Å². The number of esters is 1. The lowest BCUT2D eigenvalue weighted by atomic mass is 9.95. The van der Waals surface area contributed by atoms with Crippen LogP contribution in [0.4, 0.5) is 0 Å². The number of ether oxygens (including phenoxy) is 1. The Kier molecular flexibility index (Phi) is 5.41. The molecule has 1 rings (SSSR count). The number of piperidine rings is 1. The van der Waals surface area contributed by atoms with Gasteiger partial charge in [0.2, 0.25) is 0 Å². The lowest BCUT2D eigenvalue weighted by molar-refractivity contribution is -0.150. The van der Waals surface area contributed by atoms with Crippen molar-refractivity contribution in [1.82, 2.24) is 4.90 Å². The van der Waals surface area contributed by atoms with Gasteiger partial charge in [-0.25, -0.2) is 0 Å². The number of hydrogen-bond acceptors (Lipinski definition) is 4. The Labute approximate surface area is 102 Å². The summed E-state index contributed by atoms with van der Waals surface area (Å²) >= 11 is 0. The molecule has 0 amide bonds. The van der Waals surface area contributed by atoms with Gasteiger partial charge in [-0.2, -0.15) is 0 Å². The summed E-state index contributed by atoms with van der Waals surface area (Å²) in [5.41, 5.74) is 0. The third-order valence-corrected chi connectivity index (χ3v) is 3.26. The van der Waals surface area contributed by atoms with E-state index in [0.717, 1.165) is 0 Å². The predicted molar refractivity (Wildman–Crippen MR) is 62.6 cm³/mol. The van der Waals surface area contributed by atoms with Gasteiger partial charge in [0.25, 0.3) is 0 Å². The average Bonchev–Trinajstić information content (AvgIpc) is 2.30. The molecule has 1 unspecified atom stereocenters. The Balaban J connectivity index is 2.44. The first-order valence-corrected chi connectivity index (χ1v) is 6.23. The number of carbonyl (C=O) groups excluding carboxylic acids is 1. The van der Waals surface area contributed by atoms with Gasteiger partial charge in [-0.15, -0.1) is 0 Å². The van der Waals surface area contributed by atoms with Crippen LogP contribution in [-0.2, 0) is 14.3 Å². The Bertz CT molecular complexity index is 272. The van der Waals surface area contributed by atoms with Gasteiger partial charge in [0.05, 0.1) is 12.5 Å². The van der Waals surface area contributed by atoms with Gasteiger partial charge in [0.15, 0.2) is 0 Å². The third kappa shape index (κ3) is 3.70. The minimum absolute atomic E-state index is 0.0579. The van der Waals surface area contributed by atoms with Crippen LogP contribution >= 0.6 is 0 Å². The van der Waals surface area contributed by atoms with Gasteiger partial charge in [0.1, 0.15) is 6.04 Å². The van der Waals surface area contributed by atoms with Crippen molar-refractivity contribution >= 4 is 11.9 Å². The number of carbonyl (C=O) groups is 2. The first kappa shape index (κ1) is 14.0. The molecular formula is C12H21NO4. The van der Waals surface area contributed by atoms with E-state index < -0.39 is 12.0 Å². The fraction of sp³-hybridized carbons (Fsp3) is 0.833. The summed E-state index contributed by atoms with van der Waals surface area (Å²) in [7, 11) is 0. The van der Waals surface area contributed by atoms with Crippen LogP contribution in [0.15, 0.2) is 0 Å². The average molecular weight is 243 g/mol. The molecule has 0 aromatic heterocycles. The van der Waals surface area contributed by atoms with Crippen LogP contribution in [0.1, 0.15) is 33.1 Å². The minimum atomic E-state index is -0.776. The van der Waals surface area contributed by atoms with Crippen molar-refractivity contribution in [3.63, 3.8) is 0 Å². The second kappa shape index (κ2) is 6.59. The summed E-state index contributed by atoms with van der Waals surface area (Å²) in [6.07, 6.45) is 1.99. The highest BCUT2D eigenvalue weighted by molar-refractivity contribution is 5.74. The molecule has 98 valence electrons. The molecule has 1 aliphatic rings. The Morgan fingerprint density at radius 1 is 1.35 bits per heavy atom. The van der Waals surface area contributed by atoms with Crippen molar-refractivity contribution in [3.8, 4) is 0 Å². The summed E-state index contributed by atoms with van der Waals surface area (Å²) in [6.45, 7) is 5.40. The molecule has 5 nitrogen and oxygen atoms in total. The fourth-order valence-electron chi connectivity index (χ4n) is 2.30. The van der Waals surface area contributed by atoms with E-state index in [1.54, 1.807) is 6.92 Å². The molecule has 0 radical (unpaired) electrons. The lowest BCUT2D eigenvalue weighted by Gasteiger charge is -2.34. The Morgan fingerprint density at radius 2 is 1.94 bits per heavy atom. The van der Waals surface area contributed by atoms with E-state index in [-0.39, 0.29) is 11.9 Å². The van der Waals surface area contributed by atoms with Crippen LogP contribution in [-0.4, -0.2) is 47.7 Å². The summed E-state index contributed by atoms with van der Waals surface area (Å²) in [5.74, 6) is -0.977. The predicted octanol–water partition coefficient (Wildman–Crippen LogP) is 1.12. The highest BCUT2D eigenvalue weighted by Crippen LogP contribution is 2.21. The van der Waals surface area contributed by atoms with Crippen molar-refractivity contribution in [2.75, 3.05) is 19.7 Å². The van der Waals surface area contributed by atoms with Crippen molar-refractivity contribution in [1.29, 1.82) is 0 Å². The molecule has 0 bridgehead atoms. The van der Waals surface area contributed by atoms with Gasteiger partial charge in [0, 0.05) is 0 Å². The van der Waals surface area contributed by atoms with E-state index in [9.17, 15) is 9.59 Å². The van der Waals surface area contributed by atoms with Gasteiger partial charge < -0.3 is 9.84 Å². The topological polar surface area (TPSA) is 66.8 Å². The number of nitrogens with zero attached hydrogens (tertiary/aromatic N) is 1. The molecule has 1 N–H and O–H groups in total. The van der Waals surface area contributed by atoms with Gasteiger partial charge in [-0.05, 0) is 39.3 Å². The smallest absolute Gasteiger partial charge is 0.320 e. The monoisotopic (exact) mass is 243 g/mol. The number of carboxylic acids is 1. The maximum atomic E-state index is 11.5. The molecule has 0 aliphatic carbocycles. The van der Waals surface area contributed by atoms with Gasteiger partial charge in [-0.1, -0.05) is 6.92 Å². The summed E-state index contributed by atoms with van der Waals surface area (Å²) in [4.78, 5) is 24.5. The number of carboxylic acid groups (broad SMARTS) is 1. The van der Waals surface area contributed by atoms with E-state index in [4.69, 9.17) is 9.84 Å². The van der Waals surface area contributed by atoms with E-state index in [2.05, 4.69) is 0 Å². The maximum Gasteiger partial charge on any atom is 0.320 e. The normalized spacial score (nSPS) is 19.9. The summed E-state index contributed by atoms with van der Waals surface area (Å²) < 4.78 is 4.98. The number of aliphatic carboxylic acids is 1. The van der Waals surface area contributed by atoms with Crippen LogP contribution in [0.25, 0.3) is 0 Å². The Hall–Kier alpha value is -1.10. The second-order valence-electron chi connectivity index (χ2n) is 4.32. The molecule has 5 heteroatoms. The molecule has 1 fully saturated rings. The van der Waals surface area contributed by atoms with Crippen molar-refractivity contribution in [2.24, 2.45) is 5.92 Å². The quantitative estimate of drug-likeness (QED) is 0.733. The van der Waals surface area contributed by atoms with Gasteiger partial charge >= 0.3 is 11.9 Å². The fourth-order valence-corrected chi connectivity index (χ4v) is 2.30. The summed E-state index contributed by atoms with van der Waals surface area (Å²) in [5, 5.41) is 9.05. The van der Waals surface area contributed by atoms with E-state index >= 15 is 0 Å². The highest BCUT2D eigenvalue weighted by Gasteiger charge is 2.31. The highest BCUT2D eigenvalue weighted by atomic mass is 16.5. The van der Waals surface area contributed by atoms with Crippen molar-refractivity contribution in [2.45, 2.75) is 39.2 Å². The number of hydrogen-bond donors (Lipinski definition) is 1. The van der Waals surface area contributed by atoms with Crippen LogP contribution in [0.3, 0.4) is 0 Å². The molecule has 0 aromatic carbocycles. The second-order valence-corrected chi connectivity index (χ2v) is 4.32. The molecule has 0 aromatic rings. The number of rotatable bonds is 5. The Morgan fingerprint density at radius 3 is 2.35 bits per heavy atom. The molecule has 1 saturated heterocycles. The molecule has 0 spiro atoms. The van der Waals surface area contributed by atoms with Crippen LogP contribution in [0.2, 0.25) is 0 Å². The first-order valence-electron chi connectivity index (χ1n) is 6.23. The molecule has 1 heterocycles. The lowest BCUT2D eigenvalue weighted by Crippen LogP contribution is -2.46. The maximum absolute atomic E-state index is 11.5. The molecule has 17 heavy (non-hydrogen) atoms. The van der Waals surface area contributed by atoms with Crippen molar-refractivity contribution in [3.05, 3.63) is 0 Å². The SMILES string of the molecule is CCOC(=O)C1CCN(C(CC)C(=O)O)CC1. The molecule has 1 aliphatic heterocycles. The van der Waals surface area contributed by atoms with Crippen LogP contribution < -0.4 is 0 Å². The zero-order chi connectivity index (χ0) is 12.8. The zero-order valence-corrected chi connectivity index (χ0v) is 10.5. The molecule has 1 atom stereocenters. The largest absolute Gasteiger partial charge is 0.480 e. The van der Waals surface area contributed by atoms with Crippen LogP contribution in [0, 0.1) is 5.92 Å². The van der Waals surface area contributed by atoms with Crippen molar-refractivity contribution < 1.29 is 19.4 Å². The first-order chi connectivity index (χ1) is 8.10. The van der Waals surface area contributed by atoms with E-state index in [1.807, 2.05) is 11.8 Å². The van der Waals surface area contributed by atoms with E-state index in [0.29, 0.717) is 39.0 Å². The number of likely N-dealkylation sites (tertiary alicyclic amines) is 1. The molecular weight excluding hydrogens is 222 g/mol. The van der Waals surface area contributed by atoms with Gasteiger partial charge in [-0.3, -0.25) is 14.5 Å². The minimum Gasteiger partial charge on any atom is -0.480 e. The summed E-state index contributed by atoms with van der Waals surface area (Å²) in [6, 6.07) is -0.418. The zero-order valence-electron chi connectivity index (χ0n) is 10.5.